The standard InChI is InChI=1S/C17H36/c1-12(2)9-10-16(14(5)6)17(15(7)8)11-13(3)4/h12-17H,9-11H2,1-8H3. The van der Waals surface area contributed by atoms with Crippen molar-refractivity contribution in [2.45, 2.75) is 74.7 Å². The summed E-state index contributed by atoms with van der Waals surface area (Å²) in [6, 6.07) is 0. The molecule has 0 aromatic heterocycles. The smallest absolute Gasteiger partial charge is 0.0358 e. The molecule has 0 spiro atoms. The van der Waals surface area contributed by atoms with E-state index in [1.54, 1.807) is 0 Å². The van der Waals surface area contributed by atoms with Crippen molar-refractivity contribution in [2.24, 2.45) is 35.5 Å². The predicted molar refractivity (Wildman–Crippen MR) is 80.2 cm³/mol. The molecule has 0 fully saturated rings. The Labute approximate surface area is 111 Å². The van der Waals surface area contributed by atoms with Crippen LogP contribution in [0.25, 0.3) is 0 Å². The van der Waals surface area contributed by atoms with Gasteiger partial charge in [0.1, 0.15) is 0 Å². The predicted octanol–water partition coefficient (Wildman–Crippen LogP) is 6.01. The minimum Gasteiger partial charge on any atom is -0.0628 e. The molecule has 0 N–H and O–H groups in total. The van der Waals surface area contributed by atoms with E-state index in [1.165, 1.54) is 19.3 Å². The van der Waals surface area contributed by atoms with Gasteiger partial charge in [-0.1, -0.05) is 61.8 Å². The van der Waals surface area contributed by atoms with E-state index in [1.807, 2.05) is 0 Å². The fourth-order valence-electron chi connectivity index (χ4n) is 3.05. The summed E-state index contributed by atoms with van der Waals surface area (Å²) in [4.78, 5) is 0. The van der Waals surface area contributed by atoms with E-state index in [0.717, 1.165) is 35.5 Å². The van der Waals surface area contributed by atoms with Crippen LogP contribution in [-0.2, 0) is 0 Å². The highest BCUT2D eigenvalue weighted by Crippen LogP contribution is 2.36. The molecular weight excluding hydrogens is 204 g/mol. The van der Waals surface area contributed by atoms with Gasteiger partial charge < -0.3 is 0 Å². The molecule has 0 nitrogen and oxygen atoms in total. The highest BCUT2D eigenvalue weighted by molar-refractivity contribution is 4.77. The summed E-state index contributed by atoms with van der Waals surface area (Å²) in [7, 11) is 0. The quantitative estimate of drug-likeness (QED) is 0.487. The highest BCUT2D eigenvalue weighted by Gasteiger charge is 2.27. The number of hydrogen-bond donors (Lipinski definition) is 0. The monoisotopic (exact) mass is 240 g/mol. The second-order valence-electron chi connectivity index (χ2n) is 7.42. The molecule has 0 heteroatoms. The lowest BCUT2D eigenvalue weighted by Gasteiger charge is -2.35. The molecule has 0 radical (unpaired) electrons. The van der Waals surface area contributed by atoms with E-state index in [-0.39, 0.29) is 0 Å². The van der Waals surface area contributed by atoms with Gasteiger partial charge in [0.2, 0.25) is 0 Å². The molecule has 0 saturated heterocycles. The van der Waals surface area contributed by atoms with E-state index in [4.69, 9.17) is 0 Å². The summed E-state index contributed by atoms with van der Waals surface area (Å²) in [5.41, 5.74) is 0. The van der Waals surface area contributed by atoms with Gasteiger partial charge in [-0.15, -0.1) is 0 Å². The van der Waals surface area contributed by atoms with Gasteiger partial charge in [-0.25, -0.2) is 0 Å². The molecule has 0 bridgehead atoms. The SMILES string of the molecule is CC(C)CCC(C(C)C)C(CC(C)C)C(C)C. The maximum atomic E-state index is 2.42. The van der Waals surface area contributed by atoms with Crippen LogP contribution in [0.15, 0.2) is 0 Å². The summed E-state index contributed by atoms with van der Waals surface area (Å²) < 4.78 is 0. The second-order valence-corrected chi connectivity index (χ2v) is 7.42. The summed E-state index contributed by atoms with van der Waals surface area (Å²) in [5.74, 6) is 5.18. The molecule has 0 aliphatic rings. The van der Waals surface area contributed by atoms with Crippen LogP contribution in [-0.4, -0.2) is 0 Å². The molecule has 0 rings (SSSR count). The second kappa shape index (κ2) is 8.16. The van der Waals surface area contributed by atoms with Gasteiger partial charge in [-0.2, -0.15) is 0 Å². The normalized spacial score (nSPS) is 16.2. The van der Waals surface area contributed by atoms with Crippen molar-refractivity contribution < 1.29 is 0 Å². The van der Waals surface area contributed by atoms with Gasteiger partial charge in [0.25, 0.3) is 0 Å². The molecule has 0 heterocycles. The molecule has 17 heavy (non-hydrogen) atoms. The maximum Gasteiger partial charge on any atom is -0.0358 e. The first kappa shape index (κ1) is 17.0. The van der Waals surface area contributed by atoms with Crippen molar-refractivity contribution in [1.29, 1.82) is 0 Å². The Kier molecular flexibility index (Phi) is 8.16. The minimum atomic E-state index is 0.831. The van der Waals surface area contributed by atoms with Crippen LogP contribution in [0.3, 0.4) is 0 Å². The first-order chi connectivity index (χ1) is 7.75. The van der Waals surface area contributed by atoms with Crippen LogP contribution in [0.4, 0.5) is 0 Å². The summed E-state index contributed by atoms with van der Waals surface area (Å²) >= 11 is 0. The largest absolute Gasteiger partial charge is 0.0628 e. The molecule has 0 saturated carbocycles. The zero-order chi connectivity index (χ0) is 13.6. The Bertz CT molecular complexity index is 176. The average Bonchev–Trinajstić information content (AvgIpc) is 2.14. The van der Waals surface area contributed by atoms with Gasteiger partial charge in [0, 0.05) is 0 Å². The van der Waals surface area contributed by atoms with E-state index in [0.29, 0.717) is 0 Å². The van der Waals surface area contributed by atoms with Crippen molar-refractivity contribution in [2.75, 3.05) is 0 Å². The Balaban J connectivity index is 4.59. The summed E-state index contributed by atoms with van der Waals surface area (Å²) in [5, 5.41) is 0. The van der Waals surface area contributed by atoms with Crippen molar-refractivity contribution in [3.63, 3.8) is 0 Å². The molecule has 2 atom stereocenters. The third kappa shape index (κ3) is 7.11. The van der Waals surface area contributed by atoms with Gasteiger partial charge in [-0.05, 0) is 48.3 Å². The third-order valence-electron chi connectivity index (χ3n) is 4.08. The number of rotatable bonds is 8. The van der Waals surface area contributed by atoms with Gasteiger partial charge in [0.05, 0.1) is 0 Å². The number of hydrogen-bond acceptors (Lipinski definition) is 0. The minimum absolute atomic E-state index is 0.831. The molecule has 0 aromatic carbocycles. The Morgan fingerprint density at radius 3 is 1.29 bits per heavy atom. The van der Waals surface area contributed by atoms with E-state index >= 15 is 0 Å². The zero-order valence-corrected chi connectivity index (χ0v) is 13.6. The maximum absolute atomic E-state index is 2.42. The molecule has 104 valence electrons. The highest BCUT2D eigenvalue weighted by atomic mass is 14.3. The van der Waals surface area contributed by atoms with Crippen molar-refractivity contribution in [1.82, 2.24) is 0 Å². The van der Waals surface area contributed by atoms with Gasteiger partial charge in [-0.3, -0.25) is 0 Å². The summed E-state index contributed by atoms with van der Waals surface area (Å²) in [6.45, 7) is 19.1. The van der Waals surface area contributed by atoms with E-state index < -0.39 is 0 Å². The van der Waals surface area contributed by atoms with Crippen LogP contribution in [0.2, 0.25) is 0 Å². The third-order valence-corrected chi connectivity index (χ3v) is 4.08. The van der Waals surface area contributed by atoms with Crippen molar-refractivity contribution >= 4 is 0 Å². The Morgan fingerprint density at radius 1 is 0.529 bits per heavy atom. The van der Waals surface area contributed by atoms with Crippen LogP contribution in [0.5, 0.6) is 0 Å². The lowest BCUT2D eigenvalue weighted by molar-refractivity contribution is 0.150. The molecule has 0 amide bonds. The fourth-order valence-corrected chi connectivity index (χ4v) is 3.05. The van der Waals surface area contributed by atoms with Gasteiger partial charge >= 0.3 is 0 Å². The molecular formula is C17H36. The first-order valence-electron chi connectivity index (χ1n) is 7.75. The topological polar surface area (TPSA) is 0 Å². The molecule has 0 aliphatic carbocycles. The van der Waals surface area contributed by atoms with E-state index in [9.17, 15) is 0 Å². The lowest BCUT2D eigenvalue weighted by atomic mass is 9.71. The molecule has 0 aliphatic heterocycles. The van der Waals surface area contributed by atoms with Gasteiger partial charge in [0.15, 0.2) is 0 Å². The average molecular weight is 240 g/mol. The van der Waals surface area contributed by atoms with Crippen LogP contribution in [0, 0.1) is 35.5 Å². The Morgan fingerprint density at radius 2 is 1.00 bits per heavy atom. The van der Waals surface area contributed by atoms with Crippen molar-refractivity contribution in [3.8, 4) is 0 Å². The van der Waals surface area contributed by atoms with E-state index in [2.05, 4.69) is 55.4 Å². The molecule has 2 unspecified atom stereocenters. The summed E-state index contributed by atoms with van der Waals surface area (Å²) in [6.07, 6.45) is 4.22. The fraction of sp³-hybridized carbons (Fsp3) is 1.00. The zero-order valence-electron chi connectivity index (χ0n) is 13.6. The molecule has 0 aromatic rings. The first-order valence-corrected chi connectivity index (χ1v) is 7.75. The van der Waals surface area contributed by atoms with Crippen molar-refractivity contribution in [3.05, 3.63) is 0 Å². The lowest BCUT2D eigenvalue weighted by Crippen LogP contribution is -2.26. The van der Waals surface area contributed by atoms with Crippen LogP contribution < -0.4 is 0 Å². The van der Waals surface area contributed by atoms with Crippen LogP contribution in [0.1, 0.15) is 74.7 Å². The Hall–Kier alpha value is 0. The van der Waals surface area contributed by atoms with Crippen LogP contribution >= 0.6 is 0 Å².